The second-order valence-corrected chi connectivity index (χ2v) is 7.42. The Morgan fingerprint density at radius 1 is 1.03 bits per heavy atom. The van der Waals surface area contributed by atoms with Crippen LogP contribution in [0.2, 0.25) is 0 Å². The number of nitrogens with one attached hydrogen (secondary N) is 1. The summed E-state index contributed by atoms with van der Waals surface area (Å²) in [6, 6.07) is 16.3. The lowest BCUT2D eigenvalue weighted by atomic mass is 9.78. The van der Waals surface area contributed by atoms with Gasteiger partial charge in [0, 0.05) is 12.5 Å². The van der Waals surface area contributed by atoms with Crippen molar-refractivity contribution in [1.82, 2.24) is 5.32 Å². The minimum Gasteiger partial charge on any atom is -0.493 e. The van der Waals surface area contributed by atoms with E-state index in [1.807, 2.05) is 24.3 Å². The lowest BCUT2D eigenvalue weighted by Crippen LogP contribution is -2.29. The van der Waals surface area contributed by atoms with Crippen molar-refractivity contribution >= 4 is 11.9 Å². The molecule has 0 radical (unpaired) electrons. The Balaban J connectivity index is 1.26. The first-order valence-corrected chi connectivity index (χ1v) is 10.1. The molecule has 1 aliphatic carbocycles. The lowest BCUT2D eigenvalue weighted by Gasteiger charge is -2.29. The number of carbonyl (C=O) groups excluding carboxylic acids is 2. The number of alkyl halides is 3. The third kappa shape index (κ3) is 6.82. The number of esters is 2. The number of halogens is 3. The first-order valence-electron chi connectivity index (χ1n) is 10.1. The number of aryl methyl sites for hydroxylation is 1. The number of rotatable bonds is 10. The third-order valence-electron chi connectivity index (χ3n) is 5.10. The molecule has 1 N–H and O–H groups in total. The smallest absolute Gasteiger partial charge is 0.491 e. The van der Waals surface area contributed by atoms with E-state index < -0.39 is 18.1 Å². The van der Waals surface area contributed by atoms with Crippen LogP contribution in [-0.4, -0.2) is 37.8 Å². The normalized spacial score (nSPS) is 15.0. The summed E-state index contributed by atoms with van der Waals surface area (Å²) in [5.74, 6) is -2.40. The molecule has 0 amide bonds. The van der Waals surface area contributed by atoms with Crippen molar-refractivity contribution in [1.29, 1.82) is 0 Å². The van der Waals surface area contributed by atoms with Gasteiger partial charge < -0.3 is 14.8 Å². The molecule has 0 fully saturated rings. The van der Waals surface area contributed by atoms with Crippen LogP contribution >= 0.6 is 0 Å². The van der Waals surface area contributed by atoms with Gasteiger partial charge in [0.2, 0.25) is 0 Å². The third-order valence-corrected chi connectivity index (χ3v) is 5.10. The highest BCUT2D eigenvalue weighted by Crippen LogP contribution is 2.35. The van der Waals surface area contributed by atoms with E-state index in [0.29, 0.717) is 19.1 Å². The van der Waals surface area contributed by atoms with Gasteiger partial charge in [0.1, 0.15) is 5.75 Å². The highest BCUT2D eigenvalue weighted by molar-refractivity contribution is 5.88. The fourth-order valence-electron chi connectivity index (χ4n) is 3.41. The second-order valence-electron chi connectivity index (χ2n) is 7.42. The number of hydrogen-bond donors (Lipinski definition) is 1. The summed E-state index contributed by atoms with van der Waals surface area (Å²) < 4.78 is 45.6. The predicted molar refractivity (Wildman–Crippen MR) is 108 cm³/mol. The summed E-state index contributed by atoms with van der Waals surface area (Å²) in [6.45, 7) is 1.39. The fraction of sp³-hybridized carbons (Fsp3) is 0.391. The van der Waals surface area contributed by atoms with E-state index in [4.69, 9.17) is 4.74 Å². The largest absolute Gasteiger partial charge is 0.493 e. The molecule has 0 saturated heterocycles. The van der Waals surface area contributed by atoms with Crippen LogP contribution in [0.25, 0.3) is 0 Å². The van der Waals surface area contributed by atoms with E-state index >= 15 is 0 Å². The predicted octanol–water partition coefficient (Wildman–Crippen LogP) is 3.95. The van der Waals surface area contributed by atoms with Gasteiger partial charge in [-0.3, -0.25) is 4.79 Å². The highest BCUT2D eigenvalue weighted by Gasteiger charge is 2.42. The Morgan fingerprint density at radius 2 is 1.77 bits per heavy atom. The lowest BCUT2D eigenvalue weighted by molar-refractivity contribution is -0.201. The van der Waals surface area contributed by atoms with E-state index in [1.165, 1.54) is 11.1 Å². The number of hydrogen-bond acceptors (Lipinski definition) is 5. The van der Waals surface area contributed by atoms with Crippen molar-refractivity contribution in [2.45, 2.75) is 37.8 Å². The molecule has 0 aliphatic heterocycles. The standard InChI is InChI=1S/C23H24F3NO4/c24-23(25,26)22(29)31-21(28)11-13-27-12-3-4-16-7-9-19(10-8-16)30-15-18-14-17-5-1-2-6-20(17)18/h1-2,5-10,18,27H,3-4,11-15H2. The van der Waals surface area contributed by atoms with Gasteiger partial charge in [-0.05, 0) is 54.6 Å². The monoisotopic (exact) mass is 435 g/mol. The van der Waals surface area contributed by atoms with Crippen LogP contribution in [0.3, 0.4) is 0 Å². The summed E-state index contributed by atoms with van der Waals surface area (Å²) in [7, 11) is 0. The number of ether oxygens (including phenoxy) is 2. The zero-order valence-electron chi connectivity index (χ0n) is 16.9. The Hall–Kier alpha value is -2.87. The maximum absolute atomic E-state index is 12.0. The second kappa shape index (κ2) is 10.4. The van der Waals surface area contributed by atoms with Gasteiger partial charge in [0.25, 0.3) is 0 Å². The zero-order valence-corrected chi connectivity index (χ0v) is 16.9. The quantitative estimate of drug-likeness (QED) is 0.348. The van der Waals surface area contributed by atoms with Crippen molar-refractivity contribution in [3.05, 3.63) is 65.2 Å². The molecule has 0 saturated carbocycles. The Labute approximate surface area is 178 Å². The van der Waals surface area contributed by atoms with E-state index in [0.717, 1.165) is 30.6 Å². The van der Waals surface area contributed by atoms with E-state index in [2.05, 4.69) is 34.3 Å². The van der Waals surface area contributed by atoms with Crippen LogP contribution in [0.4, 0.5) is 13.2 Å². The van der Waals surface area contributed by atoms with Crippen molar-refractivity contribution in [2.75, 3.05) is 19.7 Å². The average Bonchev–Trinajstić information content (AvgIpc) is 2.71. The molecule has 8 heteroatoms. The van der Waals surface area contributed by atoms with E-state index in [-0.39, 0.29) is 13.0 Å². The van der Waals surface area contributed by atoms with Crippen LogP contribution in [0.1, 0.15) is 35.4 Å². The van der Waals surface area contributed by atoms with Crippen LogP contribution in [-0.2, 0) is 27.2 Å². The van der Waals surface area contributed by atoms with Gasteiger partial charge in [-0.1, -0.05) is 36.4 Å². The fourth-order valence-corrected chi connectivity index (χ4v) is 3.41. The molecule has 1 unspecified atom stereocenters. The Morgan fingerprint density at radius 3 is 2.48 bits per heavy atom. The van der Waals surface area contributed by atoms with E-state index in [9.17, 15) is 22.8 Å². The molecule has 2 aromatic rings. The molecule has 0 aromatic heterocycles. The van der Waals surface area contributed by atoms with Crippen LogP contribution in [0.15, 0.2) is 48.5 Å². The first kappa shape index (κ1) is 22.8. The van der Waals surface area contributed by atoms with Crippen molar-refractivity contribution in [3.63, 3.8) is 0 Å². The maximum atomic E-state index is 12.0. The molecule has 2 aromatic carbocycles. The van der Waals surface area contributed by atoms with Gasteiger partial charge in [0.15, 0.2) is 0 Å². The van der Waals surface area contributed by atoms with Gasteiger partial charge in [-0.2, -0.15) is 13.2 Å². The topological polar surface area (TPSA) is 64.6 Å². The van der Waals surface area contributed by atoms with Crippen LogP contribution in [0, 0.1) is 0 Å². The molecule has 0 spiro atoms. The van der Waals surface area contributed by atoms with Gasteiger partial charge in [0.05, 0.1) is 13.0 Å². The summed E-state index contributed by atoms with van der Waals surface area (Å²) in [4.78, 5) is 21.7. The zero-order chi connectivity index (χ0) is 22.3. The molecule has 5 nitrogen and oxygen atoms in total. The molecular formula is C23H24F3NO4. The van der Waals surface area contributed by atoms with Gasteiger partial charge in [-0.25, -0.2) is 4.79 Å². The summed E-state index contributed by atoms with van der Waals surface area (Å²) in [5.41, 5.74) is 3.90. The molecule has 31 heavy (non-hydrogen) atoms. The van der Waals surface area contributed by atoms with Gasteiger partial charge in [-0.15, -0.1) is 0 Å². The molecule has 1 aliphatic rings. The Bertz CT molecular complexity index is 896. The highest BCUT2D eigenvalue weighted by atomic mass is 19.4. The van der Waals surface area contributed by atoms with Crippen LogP contribution < -0.4 is 10.1 Å². The van der Waals surface area contributed by atoms with Crippen LogP contribution in [0.5, 0.6) is 5.75 Å². The molecule has 1 atom stereocenters. The summed E-state index contributed by atoms with van der Waals surface area (Å²) >= 11 is 0. The average molecular weight is 435 g/mol. The number of carbonyl (C=O) groups is 2. The number of benzene rings is 2. The molecule has 3 rings (SSSR count). The Kier molecular flexibility index (Phi) is 7.68. The molecular weight excluding hydrogens is 411 g/mol. The van der Waals surface area contributed by atoms with Crippen molar-refractivity contribution < 1.29 is 32.2 Å². The van der Waals surface area contributed by atoms with Crippen molar-refractivity contribution in [2.24, 2.45) is 0 Å². The minimum absolute atomic E-state index is 0.140. The molecule has 0 bridgehead atoms. The first-order chi connectivity index (χ1) is 14.8. The number of fused-ring (bicyclic) bond motifs is 1. The molecule has 0 heterocycles. The SMILES string of the molecule is O=C(CCNCCCc1ccc(OCC2Cc3ccccc32)cc1)OC(=O)C(F)(F)F. The minimum atomic E-state index is -5.16. The summed E-state index contributed by atoms with van der Waals surface area (Å²) in [5, 5.41) is 2.95. The van der Waals surface area contributed by atoms with Gasteiger partial charge >= 0.3 is 18.1 Å². The maximum Gasteiger partial charge on any atom is 0.491 e. The van der Waals surface area contributed by atoms with E-state index in [1.54, 1.807) is 0 Å². The summed E-state index contributed by atoms with van der Waals surface area (Å²) in [6.07, 6.45) is -2.82. The van der Waals surface area contributed by atoms with Crippen molar-refractivity contribution in [3.8, 4) is 5.75 Å². The molecule has 166 valence electrons.